The molecule has 0 radical (unpaired) electrons. The lowest BCUT2D eigenvalue weighted by Gasteiger charge is -2.29. The van der Waals surface area contributed by atoms with Gasteiger partial charge < -0.3 is 18.6 Å². The van der Waals surface area contributed by atoms with Crippen molar-refractivity contribution in [3.63, 3.8) is 0 Å². The highest BCUT2D eigenvalue weighted by Gasteiger charge is 2.39. The van der Waals surface area contributed by atoms with E-state index in [1.165, 1.54) is 141 Å². The molecule has 112 heavy (non-hydrogen) atoms. The van der Waals surface area contributed by atoms with Crippen LogP contribution in [-0.2, 0) is 10.8 Å². The zero-order valence-electron chi connectivity index (χ0n) is 62.2. The van der Waals surface area contributed by atoms with E-state index in [1.807, 2.05) is 12.1 Å². The van der Waals surface area contributed by atoms with Crippen LogP contribution in [0.1, 0.15) is 49.9 Å². The molecule has 2 heterocycles. The van der Waals surface area contributed by atoms with Gasteiger partial charge in [-0.25, -0.2) is 0 Å². The standard InChI is InChI=1S/C108H70N2O2/c1-107(2)99-57-69(49-53-85(99)97-59-93-77-25-9-5-21-73(77)75-23-7-11-27-79(75)95(93)61-101(97)107)109(65-43-39-63(40-44-65)71-33-19-35-89-87-31-15-17-37-103(87)111-105(71)89)67-47-51-83-84-52-48-68(56-92(84)82-30-14-13-29-81(82)91(83)55-67)110(66-45-41-64(42-46-66)72-34-20-36-90-88-32-16-18-38-104(88)112-106(72)90)70-50-54-86-98-60-94-78-26-10-6-22-74(78)76-24-8-12-28-80(76)96(94)62-102(98)108(3,4)100(86)58-70/h5-62H,1-4H3. The molecule has 0 N–H and O–H groups in total. The van der Waals surface area contributed by atoms with Crippen LogP contribution in [0.15, 0.2) is 361 Å². The van der Waals surface area contributed by atoms with Gasteiger partial charge in [0.25, 0.3) is 0 Å². The Labute approximate surface area is 646 Å². The second-order valence-corrected chi connectivity index (χ2v) is 32.1. The lowest BCUT2D eigenvalue weighted by atomic mass is 9.81. The maximum atomic E-state index is 6.66. The summed E-state index contributed by atoms with van der Waals surface area (Å²) >= 11 is 0. The summed E-state index contributed by atoms with van der Waals surface area (Å²) in [5.41, 5.74) is 24.2. The molecule has 22 aromatic rings. The van der Waals surface area contributed by atoms with Crippen molar-refractivity contribution in [1.29, 1.82) is 0 Å². The molecule has 0 spiro atoms. The van der Waals surface area contributed by atoms with Crippen LogP contribution >= 0.6 is 0 Å². The minimum Gasteiger partial charge on any atom is -0.455 e. The summed E-state index contributed by atoms with van der Waals surface area (Å²) in [7, 11) is 0. The molecule has 4 heteroatoms. The van der Waals surface area contributed by atoms with Crippen LogP contribution in [0.3, 0.4) is 0 Å². The van der Waals surface area contributed by atoms with Crippen LogP contribution in [-0.4, -0.2) is 0 Å². The maximum Gasteiger partial charge on any atom is 0.143 e. The molecular weight excluding hydrogens is 1360 g/mol. The van der Waals surface area contributed by atoms with Crippen molar-refractivity contribution in [2.75, 3.05) is 9.80 Å². The van der Waals surface area contributed by atoms with Crippen molar-refractivity contribution in [2.24, 2.45) is 0 Å². The summed E-state index contributed by atoms with van der Waals surface area (Å²) in [5.74, 6) is 0. The molecule has 0 amide bonds. The largest absolute Gasteiger partial charge is 0.455 e. The van der Waals surface area contributed by atoms with Crippen LogP contribution in [0.4, 0.5) is 34.1 Å². The van der Waals surface area contributed by atoms with E-state index in [9.17, 15) is 0 Å². The van der Waals surface area contributed by atoms with Gasteiger partial charge in [0.1, 0.15) is 22.3 Å². The van der Waals surface area contributed by atoms with E-state index in [1.54, 1.807) is 0 Å². The van der Waals surface area contributed by atoms with Crippen molar-refractivity contribution in [3.05, 3.63) is 374 Å². The summed E-state index contributed by atoms with van der Waals surface area (Å²) in [6.45, 7) is 9.68. The molecule has 20 aromatic carbocycles. The van der Waals surface area contributed by atoms with Crippen LogP contribution in [0, 0.1) is 0 Å². The quantitative estimate of drug-likeness (QED) is 0.142. The third-order valence-corrected chi connectivity index (χ3v) is 25.6. The smallest absolute Gasteiger partial charge is 0.143 e. The minimum absolute atomic E-state index is 0.311. The van der Waals surface area contributed by atoms with Gasteiger partial charge in [-0.1, -0.05) is 270 Å². The molecule has 0 fully saturated rings. The molecule has 2 aliphatic rings. The summed E-state index contributed by atoms with van der Waals surface area (Å²) in [6.07, 6.45) is 0. The fourth-order valence-electron chi connectivity index (χ4n) is 20.2. The highest BCUT2D eigenvalue weighted by molar-refractivity contribution is 6.29. The van der Waals surface area contributed by atoms with Gasteiger partial charge in [-0.3, -0.25) is 0 Å². The first-order chi connectivity index (χ1) is 55.0. The van der Waals surface area contributed by atoms with E-state index >= 15 is 0 Å². The van der Waals surface area contributed by atoms with E-state index in [2.05, 4.69) is 377 Å². The fourth-order valence-corrected chi connectivity index (χ4v) is 20.2. The zero-order valence-corrected chi connectivity index (χ0v) is 62.2. The third kappa shape index (κ3) is 8.94. The van der Waals surface area contributed by atoms with Gasteiger partial charge in [-0.15, -0.1) is 0 Å². The summed E-state index contributed by atoms with van der Waals surface area (Å²) in [4.78, 5) is 4.96. The number of furan rings is 2. The predicted molar refractivity (Wildman–Crippen MR) is 474 cm³/mol. The Kier molecular flexibility index (Phi) is 13.1. The van der Waals surface area contributed by atoms with Crippen LogP contribution in [0.2, 0.25) is 0 Å². The van der Waals surface area contributed by atoms with Gasteiger partial charge in [-0.2, -0.15) is 0 Å². The lowest BCUT2D eigenvalue weighted by Crippen LogP contribution is -2.16. The Morgan fingerprint density at radius 3 is 0.795 bits per heavy atom. The van der Waals surface area contributed by atoms with Gasteiger partial charge >= 0.3 is 0 Å². The lowest BCUT2D eigenvalue weighted by molar-refractivity contribution is 0.661. The first kappa shape index (κ1) is 62.9. The second-order valence-electron chi connectivity index (χ2n) is 32.1. The van der Waals surface area contributed by atoms with E-state index in [0.29, 0.717) is 0 Å². The second kappa shape index (κ2) is 23.2. The molecule has 0 saturated carbocycles. The summed E-state index contributed by atoms with van der Waals surface area (Å²) < 4.78 is 13.3. The number of para-hydroxylation sites is 4. The number of fused-ring (bicyclic) bond motifs is 30. The number of rotatable bonds is 8. The number of nitrogens with zero attached hydrogens (tertiary/aromatic N) is 2. The number of benzene rings is 20. The number of hydrogen-bond acceptors (Lipinski definition) is 4. The zero-order chi connectivity index (χ0) is 74.0. The Morgan fingerprint density at radius 2 is 0.438 bits per heavy atom. The van der Waals surface area contributed by atoms with Crippen molar-refractivity contribution in [1.82, 2.24) is 0 Å². The van der Waals surface area contributed by atoms with Gasteiger partial charge in [0.15, 0.2) is 0 Å². The predicted octanol–water partition coefficient (Wildman–Crippen LogP) is 30.8. The Hall–Kier alpha value is -14.1. The molecule has 4 nitrogen and oxygen atoms in total. The first-order valence-electron chi connectivity index (χ1n) is 39.1. The molecule has 0 aliphatic heterocycles. The van der Waals surface area contributed by atoms with Gasteiger partial charge in [0.05, 0.1) is 0 Å². The molecule has 0 saturated heterocycles. The average molecular weight is 1430 g/mol. The SMILES string of the molecule is CC1(C)c2cc(N(c3ccc(-c4cccc5c4oc4ccccc45)cc3)c3ccc4c5ccc(N(c6ccc(-c7cccc8c7oc7ccccc78)cc6)c6ccc7c(c6)C(C)(C)c6cc8c9ccccc9c9ccccc9c8cc6-7)cc5c5ccccc5c4c3)ccc2-c2cc3c4ccccc4c4ccccc4c3cc21. The Morgan fingerprint density at radius 1 is 0.179 bits per heavy atom. The van der Waals surface area contributed by atoms with Crippen molar-refractivity contribution in [2.45, 2.75) is 38.5 Å². The molecule has 2 aliphatic carbocycles. The molecule has 0 atom stereocenters. The van der Waals surface area contributed by atoms with Crippen LogP contribution in [0.5, 0.6) is 0 Å². The highest BCUT2D eigenvalue weighted by Crippen LogP contribution is 2.57. The van der Waals surface area contributed by atoms with Crippen molar-refractivity contribution < 1.29 is 8.83 Å². The Bertz CT molecular complexity index is 7400. The topological polar surface area (TPSA) is 32.8 Å². The van der Waals surface area contributed by atoms with Crippen LogP contribution in [0.25, 0.3) is 185 Å². The van der Waals surface area contributed by atoms with E-state index in [-0.39, 0.29) is 10.8 Å². The molecule has 0 unspecified atom stereocenters. The summed E-state index contributed by atoms with van der Waals surface area (Å²) in [6, 6.07) is 132. The Balaban J connectivity index is 0.669. The molecule has 24 rings (SSSR count). The van der Waals surface area contributed by atoms with E-state index in [4.69, 9.17) is 8.83 Å². The van der Waals surface area contributed by atoms with E-state index in [0.717, 1.165) is 100 Å². The molecule has 0 bridgehead atoms. The maximum absolute atomic E-state index is 6.66. The van der Waals surface area contributed by atoms with Crippen molar-refractivity contribution in [3.8, 4) is 44.5 Å². The first-order valence-corrected chi connectivity index (χ1v) is 39.1. The molecular formula is C108H70N2O2. The summed E-state index contributed by atoms with van der Waals surface area (Å²) in [5, 5.41) is 27.1. The monoisotopic (exact) mass is 1430 g/mol. The normalized spacial score (nSPS) is 13.5. The van der Waals surface area contributed by atoms with Crippen molar-refractivity contribution >= 4 is 175 Å². The van der Waals surface area contributed by atoms with Gasteiger partial charge in [0, 0.05) is 77.6 Å². The number of hydrogen-bond donors (Lipinski definition) is 0. The van der Waals surface area contributed by atoms with Gasteiger partial charge in [0.2, 0.25) is 0 Å². The molecule has 524 valence electrons. The van der Waals surface area contributed by atoms with E-state index < -0.39 is 0 Å². The number of anilines is 6. The minimum atomic E-state index is -0.311. The van der Waals surface area contributed by atoms with Gasteiger partial charge in [-0.05, 0) is 262 Å². The molecule has 2 aromatic heterocycles. The average Bonchev–Trinajstić information content (AvgIpc) is 1.52. The van der Waals surface area contributed by atoms with Crippen LogP contribution < -0.4 is 9.80 Å². The highest BCUT2D eigenvalue weighted by atomic mass is 16.3. The fraction of sp³-hybridized carbons (Fsp3) is 0.0556. The third-order valence-electron chi connectivity index (χ3n) is 25.6.